The molecule has 1 saturated heterocycles. The summed E-state index contributed by atoms with van der Waals surface area (Å²) in [5.74, 6) is -0.755. The van der Waals surface area contributed by atoms with E-state index in [0.29, 0.717) is 11.1 Å². The number of carbonyl (C=O) groups is 3. The van der Waals surface area contributed by atoms with Crippen LogP contribution in [0.25, 0.3) is 0 Å². The Labute approximate surface area is 264 Å². The molecule has 1 aliphatic heterocycles. The van der Waals surface area contributed by atoms with Gasteiger partial charge in [-0.3, -0.25) is 9.32 Å². The van der Waals surface area contributed by atoms with Crippen LogP contribution in [0.5, 0.6) is 5.75 Å². The van der Waals surface area contributed by atoms with Crippen LogP contribution in [-0.4, -0.2) is 62.7 Å². The van der Waals surface area contributed by atoms with Gasteiger partial charge in [0, 0.05) is 0 Å². The normalized spacial score (nSPS) is 20.8. The number of methoxy groups -OCH3 is 1. The van der Waals surface area contributed by atoms with Gasteiger partial charge in [0.25, 0.3) is 0 Å². The first-order valence-electron chi connectivity index (χ1n) is 14.0. The highest BCUT2D eigenvalue weighted by atomic mass is 31.2. The molecule has 4 rings (SSSR count). The largest absolute Gasteiger partial charge is 0.509 e. The van der Waals surface area contributed by atoms with Crippen molar-refractivity contribution in [3.8, 4) is 5.75 Å². The van der Waals surface area contributed by atoms with Gasteiger partial charge in [0.1, 0.15) is 37.7 Å². The van der Waals surface area contributed by atoms with E-state index in [2.05, 4.69) is 9.82 Å². The van der Waals surface area contributed by atoms with E-state index in [-0.39, 0.29) is 19.0 Å². The minimum Gasteiger partial charge on any atom is -0.468 e. The number of hydrogen-bond acceptors (Lipinski definition) is 12. The molecular weight excluding hydrogens is 628 g/mol. The average Bonchev–Trinajstić information content (AvgIpc) is 3.34. The van der Waals surface area contributed by atoms with Crippen LogP contribution in [0.15, 0.2) is 91.0 Å². The van der Waals surface area contributed by atoms with Gasteiger partial charge in [-0.05, 0) is 30.2 Å². The summed E-state index contributed by atoms with van der Waals surface area (Å²) >= 11 is 0. The number of alkyl halides is 1. The predicted molar refractivity (Wildman–Crippen MR) is 158 cm³/mol. The molecule has 3 aromatic carbocycles. The van der Waals surface area contributed by atoms with Crippen molar-refractivity contribution in [1.29, 1.82) is 0 Å². The molecule has 6 atom stereocenters. The molecule has 15 heteroatoms. The van der Waals surface area contributed by atoms with Crippen LogP contribution in [0.1, 0.15) is 18.1 Å². The maximum atomic E-state index is 15.9. The first-order chi connectivity index (χ1) is 22.2. The van der Waals surface area contributed by atoms with Crippen LogP contribution in [0, 0.1) is 0 Å². The Balaban J connectivity index is 1.47. The number of benzene rings is 3. The first-order valence-corrected chi connectivity index (χ1v) is 15.6. The van der Waals surface area contributed by atoms with Crippen molar-refractivity contribution in [1.82, 2.24) is 5.09 Å². The van der Waals surface area contributed by atoms with Crippen molar-refractivity contribution in [2.75, 3.05) is 13.7 Å². The molecule has 246 valence electrons. The third-order valence-electron chi connectivity index (χ3n) is 6.36. The second-order valence-electron chi connectivity index (χ2n) is 9.81. The summed E-state index contributed by atoms with van der Waals surface area (Å²) in [4.78, 5) is 36.9. The number of esters is 1. The van der Waals surface area contributed by atoms with E-state index < -0.39 is 63.3 Å². The third kappa shape index (κ3) is 10.3. The average molecular weight is 662 g/mol. The highest BCUT2D eigenvalue weighted by Crippen LogP contribution is 2.48. The van der Waals surface area contributed by atoms with Crippen LogP contribution in [0.4, 0.5) is 14.0 Å². The van der Waals surface area contributed by atoms with Crippen molar-refractivity contribution in [3.05, 3.63) is 102 Å². The Morgan fingerprint density at radius 3 is 1.96 bits per heavy atom. The molecule has 2 unspecified atom stereocenters. The van der Waals surface area contributed by atoms with Crippen molar-refractivity contribution < 1.29 is 60.8 Å². The van der Waals surface area contributed by atoms with E-state index in [1.165, 1.54) is 19.1 Å². The van der Waals surface area contributed by atoms with Gasteiger partial charge < -0.3 is 32.9 Å². The Bertz CT molecular complexity index is 1470. The Hall–Kier alpha value is -4.49. The van der Waals surface area contributed by atoms with Gasteiger partial charge in [-0.25, -0.2) is 18.5 Å². The zero-order chi connectivity index (χ0) is 32.9. The molecule has 0 amide bonds. The topological polar surface area (TPSA) is 154 Å². The summed E-state index contributed by atoms with van der Waals surface area (Å²) in [5.41, 5.74) is 1.34. The number of para-hydroxylation sites is 1. The van der Waals surface area contributed by atoms with Crippen LogP contribution < -0.4 is 9.61 Å². The highest BCUT2D eigenvalue weighted by molar-refractivity contribution is 7.52. The molecule has 0 saturated carbocycles. The number of nitrogens with one attached hydrogen (secondary N) is 1. The molecule has 1 N–H and O–H groups in total. The van der Waals surface area contributed by atoms with Gasteiger partial charge in [0.15, 0.2) is 12.3 Å². The zero-order valence-corrected chi connectivity index (χ0v) is 25.8. The summed E-state index contributed by atoms with van der Waals surface area (Å²) in [6.07, 6.45) is -9.85. The summed E-state index contributed by atoms with van der Waals surface area (Å²) in [6, 6.07) is 24.0. The van der Waals surface area contributed by atoms with Crippen LogP contribution in [0.3, 0.4) is 0 Å². The van der Waals surface area contributed by atoms with Crippen molar-refractivity contribution in [3.63, 3.8) is 0 Å². The van der Waals surface area contributed by atoms with Crippen molar-refractivity contribution in [2.24, 2.45) is 0 Å². The van der Waals surface area contributed by atoms with Gasteiger partial charge in [-0.15, -0.1) is 0 Å². The summed E-state index contributed by atoms with van der Waals surface area (Å²) in [7, 11) is -3.47. The Morgan fingerprint density at radius 1 is 0.848 bits per heavy atom. The van der Waals surface area contributed by atoms with E-state index in [1.807, 2.05) is 0 Å². The Morgan fingerprint density at radius 2 is 1.39 bits per heavy atom. The van der Waals surface area contributed by atoms with E-state index in [9.17, 15) is 18.9 Å². The lowest BCUT2D eigenvalue weighted by molar-refractivity contribution is -0.142. The quantitative estimate of drug-likeness (QED) is 0.132. The molecule has 46 heavy (non-hydrogen) atoms. The minimum atomic E-state index is -4.59. The second kappa shape index (κ2) is 16.7. The highest BCUT2D eigenvalue weighted by Gasteiger charge is 2.52. The van der Waals surface area contributed by atoms with Gasteiger partial charge >= 0.3 is 26.0 Å². The second-order valence-corrected chi connectivity index (χ2v) is 11.5. The fourth-order valence-corrected chi connectivity index (χ4v) is 5.69. The summed E-state index contributed by atoms with van der Waals surface area (Å²) in [5, 5.41) is 2.38. The van der Waals surface area contributed by atoms with Crippen LogP contribution >= 0.6 is 7.75 Å². The first kappa shape index (κ1) is 34.4. The fourth-order valence-electron chi connectivity index (χ4n) is 4.11. The maximum Gasteiger partial charge on any atom is 0.509 e. The van der Waals surface area contributed by atoms with Crippen LogP contribution in [0.2, 0.25) is 0 Å². The molecule has 3 aromatic rings. The molecule has 0 bridgehead atoms. The van der Waals surface area contributed by atoms with E-state index in [4.69, 9.17) is 32.7 Å². The molecule has 1 fully saturated rings. The van der Waals surface area contributed by atoms with Gasteiger partial charge in [0.05, 0.1) is 7.11 Å². The standard InChI is InChI=1S/C31H33FNO12P/c1-21(28(34)38-2)33-46(37,44-24-16-10-5-11-17-24)45-29-26(32)27(43-31(36)40-19-23-14-8-4-9-15-23)25(42-29)20-41-30(35)39-18-22-12-6-3-7-13-22/h3-17,21,25-27,29H,18-20H2,1-2H3,(H,33,37)/t21-,25+,26-,27+,29?,46?/m0/s1. The molecule has 1 aliphatic rings. The number of hydrogen-bond donors (Lipinski definition) is 1. The third-order valence-corrected chi connectivity index (χ3v) is 8.00. The predicted octanol–water partition coefficient (Wildman–Crippen LogP) is 5.48. The monoisotopic (exact) mass is 661 g/mol. The van der Waals surface area contributed by atoms with Crippen LogP contribution in [-0.2, 0) is 55.5 Å². The van der Waals surface area contributed by atoms with E-state index in [0.717, 1.165) is 7.11 Å². The summed E-state index contributed by atoms with van der Waals surface area (Å²) in [6.45, 7) is 0.399. The number of halogens is 1. The lowest BCUT2D eigenvalue weighted by atomic mass is 10.1. The summed E-state index contributed by atoms with van der Waals surface area (Å²) < 4.78 is 71.5. The fraction of sp³-hybridized carbons (Fsp3) is 0.323. The molecule has 0 radical (unpaired) electrons. The molecule has 1 heterocycles. The van der Waals surface area contributed by atoms with Crippen molar-refractivity contribution >= 4 is 26.0 Å². The smallest absolute Gasteiger partial charge is 0.468 e. The lowest BCUT2D eigenvalue weighted by Gasteiger charge is -2.25. The zero-order valence-electron chi connectivity index (χ0n) is 24.9. The number of ether oxygens (including phenoxy) is 6. The molecular formula is C31H33FNO12P. The van der Waals surface area contributed by atoms with Crippen molar-refractivity contribution in [2.45, 2.75) is 50.8 Å². The number of carbonyl (C=O) groups excluding carboxylic acids is 3. The van der Waals surface area contributed by atoms with E-state index in [1.54, 1.807) is 78.9 Å². The van der Waals surface area contributed by atoms with E-state index >= 15 is 4.39 Å². The molecule has 0 spiro atoms. The lowest BCUT2D eigenvalue weighted by Crippen LogP contribution is -2.38. The SMILES string of the molecule is COC(=O)[C@H](C)NP(=O)(Oc1ccccc1)OC1O[C@H](COC(=O)OCc2ccccc2)[C@@H](OC(=O)OCc2ccccc2)[C@@H]1F. The minimum absolute atomic E-state index is 0.0575. The van der Waals surface area contributed by atoms with Gasteiger partial charge in [-0.1, -0.05) is 78.9 Å². The maximum absolute atomic E-state index is 15.9. The molecule has 13 nitrogen and oxygen atoms in total. The van der Waals surface area contributed by atoms with Gasteiger partial charge in [0.2, 0.25) is 6.29 Å². The molecule has 0 aliphatic carbocycles. The molecule has 0 aromatic heterocycles. The Kier molecular flexibility index (Phi) is 12.5. The number of rotatable bonds is 14. The van der Waals surface area contributed by atoms with Gasteiger partial charge in [-0.2, -0.15) is 5.09 Å².